The third-order valence-electron chi connectivity index (χ3n) is 5.95. The summed E-state index contributed by atoms with van der Waals surface area (Å²) in [7, 11) is 1.68. The molecule has 158 valence electrons. The van der Waals surface area contributed by atoms with E-state index >= 15 is 0 Å². The fourth-order valence-corrected chi connectivity index (χ4v) is 4.15. The van der Waals surface area contributed by atoms with Crippen LogP contribution in [-0.2, 0) is 13.5 Å². The van der Waals surface area contributed by atoms with E-state index in [1.807, 2.05) is 12.1 Å². The Morgan fingerprint density at radius 2 is 1.94 bits per heavy atom. The van der Waals surface area contributed by atoms with Gasteiger partial charge in [-0.05, 0) is 66.2 Å². The molecule has 0 spiro atoms. The van der Waals surface area contributed by atoms with Gasteiger partial charge in [0.2, 0.25) is 0 Å². The molecule has 2 heterocycles. The minimum absolute atomic E-state index is 0.187. The number of pyridine rings is 1. The van der Waals surface area contributed by atoms with Crippen molar-refractivity contribution in [3.8, 4) is 0 Å². The van der Waals surface area contributed by atoms with E-state index in [-0.39, 0.29) is 17.5 Å². The lowest BCUT2D eigenvalue weighted by Gasteiger charge is -2.24. The van der Waals surface area contributed by atoms with Gasteiger partial charge in [-0.25, -0.2) is 18.6 Å². The number of nitrogens with one attached hydrogen (secondary N) is 1. The third-order valence-corrected chi connectivity index (χ3v) is 5.95. The monoisotopic (exact) mass is 423 g/mol. The van der Waals surface area contributed by atoms with Crippen LogP contribution in [0.15, 0.2) is 45.7 Å². The van der Waals surface area contributed by atoms with Crippen LogP contribution < -0.4 is 11.1 Å². The zero-order valence-electron chi connectivity index (χ0n) is 16.7. The zero-order valence-corrected chi connectivity index (χ0v) is 16.7. The molecule has 5 rings (SSSR count). The van der Waals surface area contributed by atoms with Crippen LogP contribution >= 0.6 is 0 Å². The molecule has 0 aliphatic heterocycles. The predicted molar refractivity (Wildman–Crippen MR) is 110 cm³/mol. The maximum Gasteiger partial charge on any atom is 0.419 e. The van der Waals surface area contributed by atoms with E-state index in [9.17, 15) is 18.4 Å². The van der Waals surface area contributed by atoms with Crippen LogP contribution in [0.25, 0.3) is 11.6 Å². The maximum absolute atomic E-state index is 13.8. The second-order valence-electron chi connectivity index (χ2n) is 7.97. The number of allylic oxidation sites excluding steroid dienone is 1. The molecule has 1 saturated carbocycles. The number of anilines is 1. The molecule has 2 aliphatic rings. The smallest absolute Gasteiger partial charge is 0.412 e. The zero-order chi connectivity index (χ0) is 21.7. The highest BCUT2D eigenvalue weighted by molar-refractivity contribution is 6.04. The van der Waals surface area contributed by atoms with E-state index in [0.717, 1.165) is 41.8 Å². The Labute approximate surface area is 176 Å². The minimum Gasteiger partial charge on any atom is -0.412 e. The normalized spacial score (nSPS) is 17.8. The number of hydrogen-bond donors (Lipinski definition) is 1. The van der Waals surface area contributed by atoms with Gasteiger partial charge in [0.1, 0.15) is 28.8 Å². The lowest BCUT2D eigenvalue weighted by Crippen LogP contribution is -2.17. The molecule has 1 fully saturated rings. The molecule has 2 aliphatic carbocycles. The summed E-state index contributed by atoms with van der Waals surface area (Å²) in [6.45, 7) is 0. The molecule has 0 bridgehead atoms. The Hall–Kier alpha value is -3.55. The van der Waals surface area contributed by atoms with Crippen LogP contribution in [0, 0.1) is 23.5 Å². The van der Waals surface area contributed by atoms with Crippen LogP contribution in [0.1, 0.15) is 40.2 Å². The number of rotatable bonds is 4. The Kier molecular flexibility index (Phi) is 4.57. The number of nitrogens with zero attached hydrogens (tertiary/aromatic N) is 2. The highest BCUT2D eigenvalue weighted by Crippen LogP contribution is 2.48. The van der Waals surface area contributed by atoms with Gasteiger partial charge in [-0.3, -0.25) is 9.36 Å². The highest BCUT2D eigenvalue weighted by Gasteiger charge is 2.38. The molecule has 0 saturated heterocycles. The number of aromatic nitrogens is 2. The van der Waals surface area contributed by atoms with Gasteiger partial charge in [0.15, 0.2) is 0 Å². The van der Waals surface area contributed by atoms with Gasteiger partial charge in [0.25, 0.3) is 5.91 Å². The predicted octanol–water partition coefficient (Wildman–Crippen LogP) is 4.03. The lowest BCUT2D eigenvalue weighted by atomic mass is 9.81. The van der Waals surface area contributed by atoms with Crippen LogP contribution in [0.3, 0.4) is 0 Å². The number of amides is 1. The van der Waals surface area contributed by atoms with Crippen LogP contribution in [0.5, 0.6) is 0 Å². The number of carbonyl (C=O) groups is 1. The average Bonchev–Trinajstić information content (AvgIpc) is 3.55. The number of carbonyl (C=O) groups excluding carboxylic acids is 1. The summed E-state index contributed by atoms with van der Waals surface area (Å²) >= 11 is 0. The van der Waals surface area contributed by atoms with Gasteiger partial charge in [-0.15, -0.1) is 0 Å². The van der Waals surface area contributed by atoms with E-state index in [0.29, 0.717) is 18.1 Å². The molecule has 6 nitrogen and oxygen atoms in total. The topological polar surface area (TPSA) is 77.1 Å². The first-order chi connectivity index (χ1) is 14.9. The highest BCUT2D eigenvalue weighted by atomic mass is 19.1. The molecule has 1 unspecified atom stereocenters. The van der Waals surface area contributed by atoms with Crippen LogP contribution in [0.2, 0.25) is 0 Å². The van der Waals surface area contributed by atoms with Crippen molar-refractivity contribution >= 4 is 23.4 Å². The van der Waals surface area contributed by atoms with Crippen molar-refractivity contribution in [2.45, 2.75) is 19.3 Å². The van der Waals surface area contributed by atoms with E-state index in [1.165, 1.54) is 10.6 Å². The largest absolute Gasteiger partial charge is 0.419 e. The van der Waals surface area contributed by atoms with Crippen molar-refractivity contribution in [1.29, 1.82) is 0 Å². The first-order valence-electron chi connectivity index (χ1n) is 10.0. The van der Waals surface area contributed by atoms with Gasteiger partial charge in [0.05, 0.1) is 5.69 Å². The third kappa shape index (κ3) is 3.48. The molecule has 2 aromatic heterocycles. The second-order valence-corrected chi connectivity index (χ2v) is 7.97. The number of fused-ring (bicyclic) bond motifs is 1. The van der Waals surface area contributed by atoms with Crippen molar-refractivity contribution in [2.75, 3.05) is 5.32 Å². The Balaban J connectivity index is 1.43. The summed E-state index contributed by atoms with van der Waals surface area (Å²) in [5.41, 5.74) is 2.04. The number of halogens is 2. The molecular weight excluding hydrogens is 404 g/mol. The van der Waals surface area contributed by atoms with Crippen LogP contribution in [0.4, 0.5) is 14.6 Å². The Morgan fingerprint density at radius 1 is 1.19 bits per heavy atom. The van der Waals surface area contributed by atoms with Gasteiger partial charge in [-0.1, -0.05) is 6.07 Å². The van der Waals surface area contributed by atoms with Crippen molar-refractivity contribution in [3.63, 3.8) is 0 Å². The van der Waals surface area contributed by atoms with Gasteiger partial charge < -0.3 is 9.73 Å². The summed E-state index contributed by atoms with van der Waals surface area (Å²) in [5.74, 6) is -1.49. The van der Waals surface area contributed by atoms with Gasteiger partial charge in [-0.2, -0.15) is 0 Å². The second kappa shape index (κ2) is 7.30. The van der Waals surface area contributed by atoms with Gasteiger partial charge >= 0.3 is 5.76 Å². The van der Waals surface area contributed by atoms with Crippen molar-refractivity contribution in [3.05, 3.63) is 81.3 Å². The summed E-state index contributed by atoms with van der Waals surface area (Å²) in [6, 6.07) is 6.66. The first-order valence-corrected chi connectivity index (χ1v) is 10.0. The lowest BCUT2D eigenvalue weighted by molar-refractivity contribution is 0.101. The van der Waals surface area contributed by atoms with Crippen molar-refractivity contribution < 1.29 is 18.0 Å². The summed E-state index contributed by atoms with van der Waals surface area (Å²) in [4.78, 5) is 28.5. The van der Waals surface area contributed by atoms with E-state index < -0.39 is 23.1 Å². The molecule has 1 atom stereocenters. The SMILES string of the molecule is Cn1c2c(oc1=O)CC(C1CC1)C(c1ccc(NC(=O)c3c(F)cccc3F)nc1)=C2. The summed E-state index contributed by atoms with van der Waals surface area (Å²) in [6.07, 6.45) is 6.51. The minimum atomic E-state index is -0.935. The van der Waals surface area contributed by atoms with Gasteiger partial charge in [0, 0.05) is 19.7 Å². The number of benzene rings is 1. The van der Waals surface area contributed by atoms with Crippen molar-refractivity contribution in [2.24, 2.45) is 18.9 Å². The molecule has 8 heteroatoms. The first kappa shape index (κ1) is 19.4. The molecular formula is C23H19F2N3O3. The average molecular weight is 423 g/mol. The van der Waals surface area contributed by atoms with E-state index in [4.69, 9.17) is 4.42 Å². The molecule has 31 heavy (non-hydrogen) atoms. The standard InChI is InChI=1S/C23H19F2N3O3/c1-28-18-9-14(15(12-5-6-12)10-19(18)31-23(28)30)13-7-8-20(26-11-13)27-22(29)21-16(24)3-2-4-17(21)25/h2-4,7-9,11-12,15H,5-6,10H2,1H3,(H,26,27,29). The quantitative estimate of drug-likeness (QED) is 0.688. The number of oxazole rings is 1. The fraction of sp³-hybridized carbons (Fsp3) is 0.261. The summed E-state index contributed by atoms with van der Waals surface area (Å²) in [5, 5.41) is 2.43. The Morgan fingerprint density at radius 3 is 2.58 bits per heavy atom. The van der Waals surface area contributed by atoms with Crippen molar-refractivity contribution in [1.82, 2.24) is 9.55 Å². The number of hydrogen-bond acceptors (Lipinski definition) is 4. The fourth-order valence-electron chi connectivity index (χ4n) is 4.15. The summed E-state index contributed by atoms with van der Waals surface area (Å²) < 4.78 is 34.5. The van der Waals surface area contributed by atoms with E-state index in [2.05, 4.69) is 10.3 Å². The molecule has 1 N–H and O–H groups in total. The molecule has 3 aromatic rings. The van der Waals surface area contributed by atoms with Crippen LogP contribution in [-0.4, -0.2) is 15.5 Å². The molecule has 1 amide bonds. The maximum atomic E-state index is 13.8. The molecule has 0 radical (unpaired) electrons. The molecule has 1 aromatic carbocycles. The Bertz CT molecular complexity index is 1250. The van der Waals surface area contributed by atoms with E-state index in [1.54, 1.807) is 19.3 Å².